The van der Waals surface area contributed by atoms with Gasteiger partial charge in [0.2, 0.25) is 0 Å². The van der Waals surface area contributed by atoms with E-state index in [2.05, 4.69) is 41.2 Å². The number of fused-ring (bicyclic) bond motifs is 2. The Balaban J connectivity index is 1.41. The number of aromatic nitrogens is 3. The molecule has 1 N–H and O–H groups in total. The maximum Gasteiger partial charge on any atom is 0.122 e. The number of H-pyrrole nitrogens is 1. The van der Waals surface area contributed by atoms with Crippen LogP contribution in [0.15, 0.2) is 60.9 Å². The van der Waals surface area contributed by atoms with Crippen molar-refractivity contribution in [3.05, 3.63) is 72.3 Å². The third kappa shape index (κ3) is 3.56. The second-order valence-corrected chi connectivity index (χ2v) is 7.42. The van der Waals surface area contributed by atoms with Crippen LogP contribution in [0.5, 0.6) is 11.5 Å². The summed E-state index contributed by atoms with van der Waals surface area (Å²) in [5.74, 6) is 3.01. The van der Waals surface area contributed by atoms with Crippen molar-refractivity contribution in [1.82, 2.24) is 15.0 Å². The molecule has 0 bridgehead atoms. The minimum Gasteiger partial charge on any atom is -0.494 e. The van der Waals surface area contributed by atoms with E-state index in [4.69, 9.17) is 14.5 Å². The summed E-state index contributed by atoms with van der Waals surface area (Å²) in [6.45, 7) is 3.46. The number of imidazole rings is 1. The van der Waals surface area contributed by atoms with E-state index in [0.717, 1.165) is 58.9 Å². The van der Waals surface area contributed by atoms with E-state index in [9.17, 15) is 0 Å². The van der Waals surface area contributed by atoms with Crippen LogP contribution in [0.1, 0.15) is 30.7 Å². The SMILES string of the molecule is CCCOc1ccc2c(c1)CC(c1nc3ccc(-c4ccncc4)cc3[nH]1)CO2. The molecule has 146 valence electrons. The van der Waals surface area contributed by atoms with Crippen molar-refractivity contribution >= 4 is 11.0 Å². The Morgan fingerprint density at radius 3 is 2.83 bits per heavy atom. The highest BCUT2D eigenvalue weighted by atomic mass is 16.5. The molecule has 0 aliphatic carbocycles. The number of ether oxygens (including phenoxy) is 2. The molecule has 2 aromatic heterocycles. The third-order valence-electron chi connectivity index (χ3n) is 5.31. The summed E-state index contributed by atoms with van der Waals surface area (Å²) in [5.41, 5.74) is 5.49. The summed E-state index contributed by atoms with van der Waals surface area (Å²) < 4.78 is 11.8. The fraction of sp³-hybridized carbons (Fsp3) is 0.250. The van der Waals surface area contributed by atoms with Crippen LogP contribution in [0.4, 0.5) is 0 Å². The molecule has 2 aromatic carbocycles. The molecule has 0 spiro atoms. The van der Waals surface area contributed by atoms with Crippen LogP contribution in [0, 0.1) is 0 Å². The van der Waals surface area contributed by atoms with Gasteiger partial charge in [0.25, 0.3) is 0 Å². The number of hydrogen-bond donors (Lipinski definition) is 1. The molecule has 1 unspecified atom stereocenters. The summed E-state index contributed by atoms with van der Waals surface area (Å²) in [6.07, 6.45) is 5.51. The Morgan fingerprint density at radius 1 is 1.07 bits per heavy atom. The molecule has 0 fully saturated rings. The molecule has 0 amide bonds. The van der Waals surface area contributed by atoms with E-state index in [1.165, 1.54) is 5.56 Å². The first kappa shape index (κ1) is 17.7. The number of nitrogens with one attached hydrogen (secondary N) is 1. The van der Waals surface area contributed by atoms with Crippen LogP contribution >= 0.6 is 0 Å². The van der Waals surface area contributed by atoms with Gasteiger partial charge >= 0.3 is 0 Å². The van der Waals surface area contributed by atoms with Crippen molar-refractivity contribution in [3.8, 4) is 22.6 Å². The summed E-state index contributed by atoms with van der Waals surface area (Å²) >= 11 is 0. The standard InChI is InChI=1S/C24H23N3O2/c1-2-11-28-20-4-6-23-18(13-20)12-19(15-29-23)24-26-21-5-3-17(14-22(21)27-24)16-7-9-25-10-8-16/h3-10,13-14,19H,2,11-12,15H2,1H3,(H,26,27). The van der Waals surface area contributed by atoms with E-state index in [0.29, 0.717) is 6.61 Å². The molecule has 0 radical (unpaired) electrons. The number of nitrogens with zero attached hydrogens (tertiary/aromatic N) is 2. The molecule has 0 saturated carbocycles. The van der Waals surface area contributed by atoms with Gasteiger partial charge in [-0.3, -0.25) is 4.98 Å². The monoisotopic (exact) mass is 385 g/mol. The molecule has 3 heterocycles. The van der Waals surface area contributed by atoms with Gasteiger partial charge < -0.3 is 14.5 Å². The van der Waals surface area contributed by atoms with E-state index in [1.54, 1.807) is 0 Å². The summed E-state index contributed by atoms with van der Waals surface area (Å²) in [5, 5.41) is 0. The zero-order chi connectivity index (χ0) is 19.6. The number of aromatic amines is 1. The van der Waals surface area contributed by atoms with Gasteiger partial charge in [-0.2, -0.15) is 0 Å². The summed E-state index contributed by atoms with van der Waals surface area (Å²) in [6, 6.07) is 16.4. The molecule has 0 saturated heterocycles. The molecule has 29 heavy (non-hydrogen) atoms. The summed E-state index contributed by atoms with van der Waals surface area (Å²) in [4.78, 5) is 12.5. The van der Waals surface area contributed by atoms with Crippen LogP contribution in [-0.4, -0.2) is 28.2 Å². The van der Waals surface area contributed by atoms with Gasteiger partial charge in [-0.05, 0) is 72.0 Å². The molecule has 5 rings (SSSR count). The lowest BCUT2D eigenvalue weighted by Gasteiger charge is -2.24. The third-order valence-corrected chi connectivity index (χ3v) is 5.31. The van der Waals surface area contributed by atoms with Gasteiger partial charge in [-0.1, -0.05) is 13.0 Å². The molecular formula is C24H23N3O2. The van der Waals surface area contributed by atoms with Crippen molar-refractivity contribution in [1.29, 1.82) is 0 Å². The molecule has 1 atom stereocenters. The van der Waals surface area contributed by atoms with Crippen LogP contribution in [-0.2, 0) is 6.42 Å². The quantitative estimate of drug-likeness (QED) is 0.517. The highest BCUT2D eigenvalue weighted by Crippen LogP contribution is 2.35. The predicted octanol–water partition coefficient (Wildman–Crippen LogP) is 5.13. The maximum atomic E-state index is 6.02. The van der Waals surface area contributed by atoms with Gasteiger partial charge in [-0.15, -0.1) is 0 Å². The number of pyridine rings is 1. The average Bonchev–Trinajstić information content (AvgIpc) is 3.21. The Bertz CT molecular complexity index is 1140. The second kappa shape index (κ2) is 7.59. The molecule has 4 aromatic rings. The summed E-state index contributed by atoms with van der Waals surface area (Å²) in [7, 11) is 0. The van der Waals surface area contributed by atoms with Crippen molar-refractivity contribution in [2.45, 2.75) is 25.7 Å². The topological polar surface area (TPSA) is 60.0 Å². The minimum atomic E-state index is 0.195. The molecule has 5 heteroatoms. The number of rotatable bonds is 5. The minimum absolute atomic E-state index is 0.195. The highest BCUT2D eigenvalue weighted by Gasteiger charge is 2.24. The van der Waals surface area contributed by atoms with Crippen molar-refractivity contribution < 1.29 is 9.47 Å². The lowest BCUT2D eigenvalue weighted by Crippen LogP contribution is -2.20. The fourth-order valence-corrected chi connectivity index (χ4v) is 3.80. The first-order chi connectivity index (χ1) is 14.3. The zero-order valence-electron chi connectivity index (χ0n) is 16.4. The van der Waals surface area contributed by atoms with E-state index >= 15 is 0 Å². The first-order valence-electron chi connectivity index (χ1n) is 10.1. The van der Waals surface area contributed by atoms with Gasteiger partial charge in [-0.25, -0.2) is 4.98 Å². The highest BCUT2D eigenvalue weighted by molar-refractivity contribution is 5.82. The van der Waals surface area contributed by atoms with E-state index in [-0.39, 0.29) is 5.92 Å². The average molecular weight is 385 g/mol. The van der Waals surface area contributed by atoms with E-state index in [1.807, 2.05) is 36.7 Å². The Morgan fingerprint density at radius 2 is 1.97 bits per heavy atom. The van der Waals surface area contributed by atoms with E-state index < -0.39 is 0 Å². The number of benzene rings is 2. The molecular weight excluding hydrogens is 362 g/mol. The maximum absolute atomic E-state index is 6.02. The Labute approximate surface area is 169 Å². The first-order valence-corrected chi connectivity index (χ1v) is 10.1. The largest absolute Gasteiger partial charge is 0.494 e. The van der Waals surface area contributed by atoms with Crippen LogP contribution in [0.25, 0.3) is 22.2 Å². The fourth-order valence-electron chi connectivity index (χ4n) is 3.80. The van der Waals surface area contributed by atoms with Gasteiger partial charge in [0, 0.05) is 12.4 Å². The smallest absolute Gasteiger partial charge is 0.122 e. The van der Waals surface area contributed by atoms with Crippen LogP contribution in [0.2, 0.25) is 0 Å². The van der Waals surface area contributed by atoms with Crippen LogP contribution < -0.4 is 9.47 Å². The van der Waals surface area contributed by atoms with Crippen molar-refractivity contribution in [2.75, 3.05) is 13.2 Å². The molecule has 1 aliphatic rings. The van der Waals surface area contributed by atoms with Gasteiger partial charge in [0.05, 0.1) is 30.2 Å². The lowest BCUT2D eigenvalue weighted by atomic mass is 9.96. The normalized spacial score (nSPS) is 15.7. The van der Waals surface area contributed by atoms with Crippen LogP contribution in [0.3, 0.4) is 0 Å². The van der Waals surface area contributed by atoms with Gasteiger partial charge in [0.1, 0.15) is 17.3 Å². The second-order valence-electron chi connectivity index (χ2n) is 7.42. The Kier molecular flexibility index (Phi) is 4.64. The predicted molar refractivity (Wildman–Crippen MR) is 113 cm³/mol. The molecule has 1 aliphatic heterocycles. The number of hydrogen-bond acceptors (Lipinski definition) is 4. The van der Waals surface area contributed by atoms with Crippen molar-refractivity contribution in [3.63, 3.8) is 0 Å². The zero-order valence-corrected chi connectivity index (χ0v) is 16.4. The lowest BCUT2D eigenvalue weighted by molar-refractivity contribution is 0.256. The Hall–Kier alpha value is -3.34. The molecule has 5 nitrogen and oxygen atoms in total. The van der Waals surface area contributed by atoms with Crippen molar-refractivity contribution in [2.24, 2.45) is 0 Å². The van der Waals surface area contributed by atoms with Gasteiger partial charge in [0.15, 0.2) is 0 Å².